The second kappa shape index (κ2) is 4.98. The molecule has 4 atom stereocenters. The maximum Gasteiger partial charge on any atom is 0.194 e. The first kappa shape index (κ1) is 13.1. The van der Waals surface area contributed by atoms with Gasteiger partial charge in [-0.2, -0.15) is 0 Å². The molecule has 0 aromatic carbocycles. The smallest absolute Gasteiger partial charge is 0.194 e. The zero-order chi connectivity index (χ0) is 14.4. The fourth-order valence-corrected chi connectivity index (χ4v) is 4.09. The van der Waals surface area contributed by atoms with E-state index < -0.39 is 0 Å². The van der Waals surface area contributed by atoms with Crippen LogP contribution < -0.4 is 5.32 Å². The van der Waals surface area contributed by atoms with E-state index in [2.05, 4.69) is 25.4 Å². The molecule has 114 valence electrons. The standard InChI is InChI=1S/C14H22N6O/c1-15-14(16-5-13-18-17-8-19(13)2)20-6-9-10(7-20)12-4-3-11(9)21-12/h8-12H,3-7H2,1-2H3,(H,15,16). The summed E-state index contributed by atoms with van der Waals surface area (Å²) in [4.78, 5) is 6.80. The summed E-state index contributed by atoms with van der Waals surface area (Å²) in [5, 5.41) is 11.4. The molecule has 3 aliphatic rings. The summed E-state index contributed by atoms with van der Waals surface area (Å²) in [5.74, 6) is 3.26. The molecule has 0 amide bonds. The Kier molecular flexibility index (Phi) is 3.10. The lowest BCUT2D eigenvalue weighted by Gasteiger charge is -2.23. The summed E-state index contributed by atoms with van der Waals surface area (Å²) in [7, 11) is 3.80. The molecule has 2 bridgehead atoms. The van der Waals surface area contributed by atoms with Crippen LogP contribution in [0.1, 0.15) is 18.7 Å². The Morgan fingerprint density at radius 2 is 2.10 bits per heavy atom. The van der Waals surface area contributed by atoms with Gasteiger partial charge in [-0.15, -0.1) is 10.2 Å². The summed E-state index contributed by atoms with van der Waals surface area (Å²) in [5.41, 5.74) is 0. The van der Waals surface area contributed by atoms with Gasteiger partial charge in [0.05, 0.1) is 18.8 Å². The molecule has 0 aliphatic carbocycles. The highest BCUT2D eigenvalue weighted by molar-refractivity contribution is 5.80. The number of ether oxygens (including phenoxy) is 1. The molecule has 3 aliphatic heterocycles. The number of likely N-dealkylation sites (tertiary alicyclic amines) is 1. The van der Waals surface area contributed by atoms with E-state index in [1.54, 1.807) is 6.33 Å². The third-order valence-electron chi connectivity index (χ3n) is 5.17. The van der Waals surface area contributed by atoms with Crippen LogP contribution >= 0.6 is 0 Å². The SMILES string of the molecule is CN=C(NCc1nncn1C)N1CC2C3CCC(O3)C2C1. The van der Waals surface area contributed by atoms with Crippen molar-refractivity contribution in [1.82, 2.24) is 25.0 Å². The molecular weight excluding hydrogens is 268 g/mol. The fourth-order valence-electron chi connectivity index (χ4n) is 4.09. The van der Waals surface area contributed by atoms with Crippen molar-refractivity contribution in [2.24, 2.45) is 23.9 Å². The molecule has 0 spiro atoms. The third kappa shape index (κ3) is 2.10. The number of guanidine groups is 1. The monoisotopic (exact) mass is 290 g/mol. The fraction of sp³-hybridized carbons (Fsp3) is 0.786. The van der Waals surface area contributed by atoms with E-state index in [9.17, 15) is 0 Å². The third-order valence-corrected chi connectivity index (χ3v) is 5.17. The number of aryl methyl sites for hydroxylation is 1. The largest absolute Gasteiger partial charge is 0.374 e. The van der Waals surface area contributed by atoms with Crippen molar-refractivity contribution >= 4 is 5.96 Å². The second-order valence-corrected chi connectivity index (χ2v) is 6.28. The molecule has 3 fully saturated rings. The molecule has 0 saturated carbocycles. The number of fused-ring (bicyclic) bond motifs is 5. The number of hydrogen-bond acceptors (Lipinski definition) is 4. The van der Waals surface area contributed by atoms with Crippen molar-refractivity contribution in [2.75, 3.05) is 20.1 Å². The topological polar surface area (TPSA) is 67.6 Å². The van der Waals surface area contributed by atoms with Crippen LogP contribution in [0.25, 0.3) is 0 Å². The first-order chi connectivity index (χ1) is 10.3. The summed E-state index contributed by atoms with van der Waals surface area (Å²) in [6, 6.07) is 0. The van der Waals surface area contributed by atoms with E-state index in [1.165, 1.54) is 12.8 Å². The van der Waals surface area contributed by atoms with Crippen molar-refractivity contribution in [1.29, 1.82) is 0 Å². The normalized spacial score (nSPS) is 34.6. The summed E-state index contributed by atoms with van der Waals surface area (Å²) in [6.45, 7) is 2.77. The van der Waals surface area contributed by atoms with Crippen LogP contribution in [0.2, 0.25) is 0 Å². The molecule has 1 aromatic heterocycles. The molecule has 4 unspecified atom stereocenters. The number of nitrogens with one attached hydrogen (secondary N) is 1. The van der Waals surface area contributed by atoms with Crippen molar-refractivity contribution in [3.8, 4) is 0 Å². The number of aliphatic imine (C=N–C) groups is 1. The number of rotatable bonds is 2. The molecule has 3 saturated heterocycles. The van der Waals surface area contributed by atoms with E-state index in [0.29, 0.717) is 30.6 Å². The van der Waals surface area contributed by atoms with Crippen molar-refractivity contribution in [3.63, 3.8) is 0 Å². The van der Waals surface area contributed by atoms with Crippen LogP contribution in [0.4, 0.5) is 0 Å². The highest BCUT2D eigenvalue weighted by Crippen LogP contribution is 2.47. The average Bonchev–Trinajstić information content (AvgIpc) is 3.20. The Labute approximate surface area is 124 Å². The zero-order valence-corrected chi connectivity index (χ0v) is 12.6. The second-order valence-electron chi connectivity index (χ2n) is 6.28. The highest BCUT2D eigenvalue weighted by Gasteiger charge is 2.53. The van der Waals surface area contributed by atoms with E-state index in [0.717, 1.165) is 24.9 Å². The number of aromatic nitrogens is 3. The summed E-state index contributed by atoms with van der Waals surface area (Å²) >= 11 is 0. The van der Waals surface area contributed by atoms with E-state index in [4.69, 9.17) is 4.74 Å². The molecule has 1 aromatic rings. The lowest BCUT2D eigenvalue weighted by molar-refractivity contribution is 0.0767. The Morgan fingerprint density at radius 3 is 2.67 bits per heavy atom. The van der Waals surface area contributed by atoms with Crippen molar-refractivity contribution in [3.05, 3.63) is 12.2 Å². The van der Waals surface area contributed by atoms with Crippen LogP contribution in [-0.2, 0) is 18.3 Å². The molecule has 7 nitrogen and oxygen atoms in total. The minimum Gasteiger partial charge on any atom is -0.374 e. The lowest BCUT2D eigenvalue weighted by atomic mass is 9.82. The molecule has 4 rings (SSSR count). The van der Waals surface area contributed by atoms with Gasteiger partial charge >= 0.3 is 0 Å². The first-order valence-corrected chi connectivity index (χ1v) is 7.70. The molecule has 0 radical (unpaired) electrons. The van der Waals surface area contributed by atoms with Gasteiger partial charge in [0.1, 0.15) is 6.33 Å². The van der Waals surface area contributed by atoms with E-state index in [1.807, 2.05) is 18.7 Å². The summed E-state index contributed by atoms with van der Waals surface area (Å²) < 4.78 is 7.95. The Morgan fingerprint density at radius 1 is 1.38 bits per heavy atom. The van der Waals surface area contributed by atoms with Crippen LogP contribution in [0.5, 0.6) is 0 Å². The lowest BCUT2D eigenvalue weighted by Crippen LogP contribution is -2.41. The maximum atomic E-state index is 6.03. The molecule has 1 N–H and O–H groups in total. The molecule has 4 heterocycles. The van der Waals surface area contributed by atoms with Crippen LogP contribution in [0.15, 0.2) is 11.3 Å². The number of hydrogen-bond donors (Lipinski definition) is 1. The van der Waals surface area contributed by atoms with Crippen LogP contribution in [0.3, 0.4) is 0 Å². The summed E-state index contributed by atoms with van der Waals surface area (Å²) in [6.07, 6.45) is 5.17. The quantitative estimate of drug-likeness (QED) is 0.613. The van der Waals surface area contributed by atoms with Gasteiger partial charge in [-0.25, -0.2) is 0 Å². The zero-order valence-electron chi connectivity index (χ0n) is 12.6. The van der Waals surface area contributed by atoms with Crippen molar-refractivity contribution in [2.45, 2.75) is 31.6 Å². The predicted molar refractivity (Wildman–Crippen MR) is 77.6 cm³/mol. The Hall–Kier alpha value is -1.63. The van der Waals surface area contributed by atoms with Gasteiger partial charge in [0.25, 0.3) is 0 Å². The van der Waals surface area contributed by atoms with Gasteiger partial charge in [-0.1, -0.05) is 0 Å². The Bertz CT molecular complexity index is 537. The Balaban J connectivity index is 1.40. The van der Waals surface area contributed by atoms with Gasteiger partial charge in [-0.05, 0) is 12.8 Å². The van der Waals surface area contributed by atoms with E-state index in [-0.39, 0.29) is 0 Å². The molecule has 7 heteroatoms. The van der Waals surface area contributed by atoms with Gasteiger partial charge in [-0.3, -0.25) is 4.99 Å². The minimum atomic E-state index is 0.488. The minimum absolute atomic E-state index is 0.488. The van der Waals surface area contributed by atoms with E-state index >= 15 is 0 Å². The highest BCUT2D eigenvalue weighted by atomic mass is 16.5. The van der Waals surface area contributed by atoms with Crippen LogP contribution in [-0.4, -0.2) is 58.0 Å². The first-order valence-electron chi connectivity index (χ1n) is 7.70. The molecular formula is C14H22N6O. The van der Waals surface area contributed by atoms with Gasteiger partial charge in [0.2, 0.25) is 0 Å². The van der Waals surface area contributed by atoms with Crippen molar-refractivity contribution < 1.29 is 4.74 Å². The van der Waals surface area contributed by atoms with Gasteiger partial charge < -0.3 is 19.5 Å². The van der Waals surface area contributed by atoms with Gasteiger partial charge in [0.15, 0.2) is 11.8 Å². The average molecular weight is 290 g/mol. The molecule has 21 heavy (non-hydrogen) atoms. The number of nitrogens with zero attached hydrogens (tertiary/aromatic N) is 5. The predicted octanol–water partition coefficient (Wildman–Crippen LogP) is -0.000300. The maximum absolute atomic E-state index is 6.03. The van der Waals surface area contributed by atoms with Gasteiger partial charge in [0, 0.05) is 39.0 Å². The van der Waals surface area contributed by atoms with Crippen LogP contribution in [0, 0.1) is 11.8 Å².